The third-order valence-electron chi connectivity index (χ3n) is 12.3. The molecule has 4 rings (SSSR count). The molecule has 2 aromatic heterocycles. The van der Waals surface area contributed by atoms with Gasteiger partial charge in [-0.05, 0) is 48.6 Å². The fourth-order valence-corrected chi connectivity index (χ4v) is 8.17. The van der Waals surface area contributed by atoms with E-state index in [-0.39, 0.29) is 69.1 Å². The summed E-state index contributed by atoms with van der Waals surface area (Å²) in [5.74, 6) is -7.52. The normalized spacial score (nSPS) is 14.7. The molecular weight excluding hydrogens is 999 g/mol. The zero-order chi connectivity index (χ0) is 55.7. The number of hydrogen-bond donors (Lipinski definition) is 14. The topological polar surface area (TPSA) is 389 Å². The van der Waals surface area contributed by atoms with Crippen molar-refractivity contribution in [3.05, 3.63) is 108 Å². The predicted molar refractivity (Wildman–Crippen MR) is 287 cm³/mol. The number of amides is 7. The van der Waals surface area contributed by atoms with Gasteiger partial charge >= 0.3 is 5.97 Å². The van der Waals surface area contributed by atoms with Crippen LogP contribution in [0.15, 0.2) is 90.7 Å². The van der Waals surface area contributed by atoms with E-state index < -0.39 is 102 Å². The average molecular weight is 1070 g/mol. The van der Waals surface area contributed by atoms with Crippen molar-refractivity contribution in [3.63, 3.8) is 0 Å². The van der Waals surface area contributed by atoms with E-state index in [9.17, 15) is 43.5 Å². The van der Waals surface area contributed by atoms with Crippen LogP contribution in [0.1, 0.15) is 75.9 Å². The molecular formula is C51H73N15O9S. The molecule has 0 radical (unpaired) electrons. The number of H-pyrrole nitrogens is 2. The minimum Gasteiger partial charge on any atom is -0.480 e. The number of nitrogens with one attached hydrogen (secondary N) is 9. The molecule has 4 aromatic rings. The van der Waals surface area contributed by atoms with Gasteiger partial charge in [-0.15, -0.1) is 0 Å². The Hall–Kier alpha value is -7.80. The number of thiol groups is 1. The minimum atomic E-state index is -1.38. The summed E-state index contributed by atoms with van der Waals surface area (Å²) in [5.41, 5.74) is 19.3. The summed E-state index contributed by atoms with van der Waals surface area (Å²) in [5, 5.41) is 28.8. The van der Waals surface area contributed by atoms with Crippen LogP contribution in [-0.2, 0) is 64.0 Å². The number of carboxylic acid groups (broad SMARTS) is 1. The first-order valence-corrected chi connectivity index (χ1v) is 25.7. The van der Waals surface area contributed by atoms with Gasteiger partial charge in [0.1, 0.15) is 42.3 Å². The number of aromatic amines is 2. The highest BCUT2D eigenvalue weighted by Gasteiger charge is 2.36. The Labute approximate surface area is 447 Å². The second-order valence-corrected chi connectivity index (χ2v) is 19.3. The van der Waals surface area contributed by atoms with E-state index in [1.165, 1.54) is 25.0 Å². The maximum absolute atomic E-state index is 14.5. The summed E-state index contributed by atoms with van der Waals surface area (Å²) in [4.78, 5) is 128. The highest BCUT2D eigenvalue weighted by molar-refractivity contribution is 7.80. The van der Waals surface area contributed by atoms with Crippen molar-refractivity contribution in [1.29, 1.82) is 0 Å². The fraction of sp³-hybridized carbons (Fsp3) is 0.471. The smallest absolute Gasteiger partial charge is 0.326 e. The van der Waals surface area contributed by atoms with Crippen molar-refractivity contribution in [2.75, 3.05) is 12.3 Å². The van der Waals surface area contributed by atoms with E-state index in [1.54, 1.807) is 37.3 Å². The summed E-state index contributed by atoms with van der Waals surface area (Å²) in [6, 6.07) is 7.75. The van der Waals surface area contributed by atoms with Crippen LogP contribution in [0, 0.1) is 11.8 Å². The number of nitrogens with zero attached hydrogens (tertiary/aromatic N) is 3. The summed E-state index contributed by atoms with van der Waals surface area (Å²) < 4.78 is 0. The largest absolute Gasteiger partial charge is 0.480 e. The SMILES string of the molecule is CC[C@H](C)[C@H](NC(=O)[C@H](CS)NC(=O)[C@@H](N)Cc1ccccc1)C(=O)N[C@@H](Cc1cnc[nH]1)C(=O)N[C@@H](CC(C)C)C(=O)N[C@@H](Cc1cnc[nH]1)C(=O)N[C@@H](Cc1ccccc1)C(=O)N[C@@H](CCCN=C(N)N)C(=O)O. The molecule has 16 N–H and O–H groups in total. The molecule has 0 saturated carbocycles. The quantitative estimate of drug-likeness (QED) is 0.0124. The standard InChI is InChI=1S/C51H73N15O9S/c1-5-30(4)42(66-48(72)41(26-76)65-43(67)35(52)20-31-13-8-6-9-14-31)49(73)64-40(23-34-25-56-28-59-34)47(71)61-37(19-29(2)3)44(68)63-39(22-33-24-55-27-58-33)46(70)62-38(21-32-15-10-7-11-16-32)45(69)60-36(50(74)75)17-12-18-57-51(53)54/h6-11,13-16,24-25,27-30,35-42,76H,5,12,17-23,26,52H2,1-4H3,(H,55,58)(H,56,59)(H,60,69)(H,61,71)(H,62,70)(H,63,68)(H,64,73)(H,65,67)(H,66,72)(H,74,75)(H4,53,54,57)/t30-,35-,36-,37-,38-,39-,40-,41-,42-/m0/s1. The second kappa shape index (κ2) is 31.2. The second-order valence-electron chi connectivity index (χ2n) is 18.9. The van der Waals surface area contributed by atoms with Crippen LogP contribution in [0.3, 0.4) is 0 Å². The van der Waals surface area contributed by atoms with Gasteiger partial charge in [-0.1, -0.05) is 94.8 Å². The molecule has 7 amide bonds. The number of rotatable bonds is 32. The lowest BCUT2D eigenvalue weighted by Crippen LogP contribution is -2.61. The molecule has 76 heavy (non-hydrogen) atoms. The van der Waals surface area contributed by atoms with Crippen molar-refractivity contribution >= 4 is 65.9 Å². The molecule has 0 spiro atoms. The first kappa shape index (κ1) is 60.8. The van der Waals surface area contributed by atoms with Gasteiger partial charge in [0.05, 0.1) is 18.7 Å². The lowest BCUT2D eigenvalue weighted by atomic mass is 9.97. The number of aliphatic carboxylic acids is 1. The molecule has 412 valence electrons. The van der Waals surface area contributed by atoms with E-state index in [4.69, 9.17) is 17.2 Å². The molecule has 24 nitrogen and oxygen atoms in total. The van der Waals surface area contributed by atoms with Crippen molar-refractivity contribution in [2.24, 2.45) is 34.0 Å². The lowest BCUT2D eigenvalue weighted by molar-refractivity contribution is -0.142. The maximum atomic E-state index is 14.5. The monoisotopic (exact) mass is 1070 g/mol. The number of carbonyl (C=O) groups is 8. The van der Waals surface area contributed by atoms with Gasteiger partial charge in [0.15, 0.2) is 5.96 Å². The van der Waals surface area contributed by atoms with Crippen molar-refractivity contribution in [3.8, 4) is 0 Å². The van der Waals surface area contributed by atoms with Gasteiger partial charge < -0.3 is 69.5 Å². The van der Waals surface area contributed by atoms with E-state index in [0.717, 1.165) is 5.56 Å². The maximum Gasteiger partial charge on any atom is 0.326 e. The van der Waals surface area contributed by atoms with E-state index in [1.807, 2.05) is 51.1 Å². The Morgan fingerprint density at radius 2 is 1.05 bits per heavy atom. The van der Waals surface area contributed by atoms with Crippen LogP contribution in [0.4, 0.5) is 0 Å². The van der Waals surface area contributed by atoms with E-state index in [0.29, 0.717) is 23.4 Å². The summed E-state index contributed by atoms with van der Waals surface area (Å²) in [6.45, 7) is 7.31. The van der Waals surface area contributed by atoms with E-state index >= 15 is 0 Å². The van der Waals surface area contributed by atoms with Crippen molar-refractivity contribution < 1.29 is 43.5 Å². The molecule has 0 aliphatic rings. The Bertz CT molecular complexity index is 2510. The van der Waals surface area contributed by atoms with Gasteiger partial charge in [0.25, 0.3) is 0 Å². The van der Waals surface area contributed by atoms with Gasteiger partial charge in [-0.3, -0.25) is 38.6 Å². The highest BCUT2D eigenvalue weighted by atomic mass is 32.1. The number of aromatic nitrogens is 4. The number of nitrogens with two attached hydrogens (primary N) is 3. The van der Waals surface area contributed by atoms with Crippen LogP contribution in [0.2, 0.25) is 0 Å². The van der Waals surface area contributed by atoms with Crippen LogP contribution >= 0.6 is 12.6 Å². The van der Waals surface area contributed by atoms with Crippen LogP contribution < -0.4 is 54.4 Å². The number of carboxylic acids is 1. The zero-order valence-corrected chi connectivity index (χ0v) is 44.1. The summed E-state index contributed by atoms with van der Waals surface area (Å²) in [6.07, 6.45) is 6.23. The number of hydrogen-bond acceptors (Lipinski definition) is 13. The molecule has 0 unspecified atom stereocenters. The molecule has 2 heterocycles. The number of benzene rings is 2. The van der Waals surface area contributed by atoms with Crippen LogP contribution in [-0.4, -0.2) is 139 Å². The van der Waals surface area contributed by atoms with Gasteiger partial charge in [0.2, 0.25) is 41.4 Å². The molecule has 2 aromatic carbocycles. The summed E-state index contributed by atoms with van der Waals surface area (Å²) in [7, 11) is 0. The molecule has 0 aliphatic carbocycles. The Balaban J connectivity index is 1.56. The minimum absolute atomic E-state index is 0.0311. The molecule has 0 aliphatic heterocycles. The number of guanidine groups is 1. The third kappa shape index (κ3) is 20.5. The first-order chi connectivity index (χ1) is 36.3. The lowest BCUT2D eigenvalue weighted by Gasteiger charge is -2.29. The van der Waals surface area contributed by atoms with E-state index in [2.05, 4.69) is 74.8 Å². The predicted octanol–water partition coefficient (Wildman–Crippen LogP) is -0.716. The third-order valence-corrected chi connectivity index (χ3v) is 12.6. The average Bonchev–Trinajstić information content (AvgIpc) is 4.12. The van der Waals surface area contributed by atoms with Gasteiger partial charge in [0, 0.05) is 55.3 Å². The Morgan fingerprint density at radius 3 is 1.51 bits per heavy atom. The van der Waals surface area contributed by atoms with Gasteiger partial charge in [-0.2, -0.15) is 12.6 Å². The molecule has 0 bridgehead atoms. The van der Waals surface area contributed by atoms with Crippen LogP contribution in [0.25, 0.3) is 0 Å². The fourth-order valence-electron chi connectivity index (χ4n) is 7.91. The van der Waals surface area contributed by atoms with Gasteiger partial charge in [-0.25, -0.2) is 14.8 Å². The Morgan fingerprint density at radius 1 is 0.605 bits per heavy atom. The molecule has 9 atom stereocenters. The van der Waals surface area contributed by atoms with Crippen LogP contribution in [0.5, 0.6) is 0 Å². The first-order valence-electron chi connectivity index (χ1n) is 25.1. The number of imidazole rings is 2. The zero-order valence-electron chi connectivity index (χ0n) is 43.2. The molecule has 25 heteroatoms. The van der Waals surface area contributed by atoms with Crippen molar-refractivity contribution in [2.45, 2.75) is 127 Å². The number of carbonyl (C=O) groups excluding carboxylic acids is 7. The molecule has 0 fully saturated rings. The highest BCUT2D eigenvalue weighted by Crippen LogP contribution is 2.14. The number of aliphatic imine (C=N–C) groups is 1. The summed E-state index contributed by atoms with van der Waals surface area (Å²) >= 11 is 4.30. The Kier molecular flexibility index (Phi) is 24.9. The van der Waals surface area contributed by atoms with Crippen molar-refractivity contribution in [1.82, 2.24) is 57.2 Å². The molecule has 0 saturated heterocycles.